The lowest BCUT2D eigenvalue weighted by Crippen LogP contribution is -2.67. The molecular weight excluding hydrogens is 1150 g/mol. The quantitative estimate of drug-likeness (QED) is 0.0634. The first-order chi connectivity index (χ1) is 41.5. The number of nitrogens with one attached hydrogen (secondary N) is 1. The highest BCUT2D eigenvalue weighted by atomic mass is 32.2. The Hall–Kier alpha value is -3.71. The minimum atomic E-state index is -1.28. The third-order valence-corrected chi connectivity index (χ3v) is 23.2. The summed E-state index contributed by atoms with van der Waals surface area (Å²) in [6, 6.07) is -1.12. The van der Waals surface area contributed by atoms with Gasteiger partial charge in [-0.05, 0) is 138 Å². The first-order valence-corrected chi connectivity index (χ1v) is 32.9. The summed E-state index contributed by atoms with van der Waals surface area (Å²) < 4.78 is 50.6. The van der Waals surface area contributed by atoms with Crippen LogP contribution >= 0.6 is 11.8 Å². The number of aliphatic hydroxyl groups excluding tert-OH is 6. The van der Waals surface area contributed by atoms with Gasteiger partial charge in [0, 0.05) is 49.5 Å². The molecule has 4 unspecified atom stereocenters. The van der Waals surface area contributed by atoms with E-state index in [1.807, 2.05) is 13.8 Å². The van der Waals surface area contributed by atoms with Gasteiger partial charge in [-0.25, -0.2) is 24.5 Å². The van der Waals surface area contributed by atoms with Crippen LogP contribution in [0.3, 0.4) is 0 Å². The van der Waals surface area contributed by atoms with Gasteiger partial charge in [-0.3, -0.25) is 9.36 Å². The van der Waals surface area contributed by atoms with Crippen molar-refractivity contribution in [3.63, 3.8) is 0 Å². The molecule has 0 bridgehead atoms. The van der Waals surface area contributed by atoms with Gasteiger partial charge in [-0.2, -0.15) is 11.8 Å². The number of carboxylic acid groups (broad SMARTS) is 1. The molecule has 11 rings (SSSR count). The number of aliphatic hydroxyl groups is 7. The van der Waals surface area contributed by atoms with E-state index in [1.165, 1.54) is 29.0 Å². The molecule has 4 aliphatic carbocycles. The summed E-state index contributed by atoms with van der Waals surface area (Å²) in [6.45, 7) is 10.4. The number of nitrogens with zero attached hydrogens (tertiary/aromatic N) is 4. The molecule has 4 saturated heterocycles. The standard InChI is InChI=1S/C61H92N6O19S/c1-29-52(79-17-8-6-7-9-45(72)66-38(58(76)77)14-18-87-26-43-50(74)51(75)57(84-43)67-28-65-49-55(62)63-27-64-56(49)67)40(69)23-47(82-29)86-54-31(3)83-48(24-41(54)70)85-53-30(2)81-42(22-39(53)68)32-12-15-59(4)34(19-32)10-11-36-37(59)21-44(71)60(5)35(13-16-61(36,60)78)33-20-46(73)80-25-33/h20,27-32,34-44,47-48,50-54,57,68-71,74-75,78H,6-19,21-26H2,1-5H3,(H,66,72)(H,76,77)(H2,62,63,64)/t29-,30-,31-,32-,34-,35-,36?,37+,38?,39+,40+,41+,42-,43+,44-,47?,48?,50+,51+,52-,53-,54-,57+,59+,60+,61+/m1/s1. The van der Waals surface area contributed by atoms with E-state index in [0.717, 1.165) is 44.1 Å². The highest BCUT2D eigenvalue weighted by Crippen LogP contribution is 2.70. The maximum atomic E-state index is 12.8. The number of hydrogen-bond acceptors (Lipinski definition) is 23. The van der Waals surface area contributed by atoms with E-state index in [4.69, 9.17) is 43.6 Å². The van der Waals surface area contributed by atoms with Crippen LogP contribution in [-0.4, -0.2) is 213 Å². The van der Waals surface area contributed by atoms with Crippen molar-refractivity contribution >= 4 is 46.6 Å². The number of imidazole rings is 1. The van der Waals surface area contributed by atoms with Crippen LogP contribution in [-0.2, 0) is 52.3 Å². The Balaban J connectivity index is 0.560. The predicted octanol–water partition coefficient (Wildman–Crippen LogP) is 2.81. The van der Waals surface area contributed by atoms with E-state index in [2.05, 4.69) is 27.2 Å². The third kappa shape index (κ3) is 12.7. The van der Waals surface area contributed by atoms with Crippen molar-refractivity contribution < 1.29 is 93.1 Å². The Morgan fingerprint density at radius 1 is 0.816 bits per heavy atom. The third-order valence-electron chi connectivity index (χ3n) is 22.1. The fraction of sp³-hybridized carbons (Fsp3) is 0.836. The fourth-order valence-corrected chi connectivity index (χ4v) is 18.3. The van der Waals surface area contributed by atoms with Gasteiger partial charge in [-0.1, -0.05) is 20.3 Å². The molecule has 26 heteroatoms. The number of aromatic nitrogens is 4. The molecule has 0 radical (unpaired) electrons. The smallest absolute Gasteiger partial charge is 0.331 e. The second-order valence-corrected chi connectivity index (χ2v) is 28.2. The summed E-state index contributed by atoms with van der Waals surface area (Å²) >= 11 is 1.32. The van der Waals surface area contributed by atoms with Crippen molar-refractivity contribution in [2.75, 3.05) is 30.5 Å². The molecule has 486 valence electrons. The lowest BCUT2D eigenvalue weighted by Gasteiger charge is -2.65. The van der Waals surface area contributed by atoms with Gasteiger partial charge < -0.3 is 89.8 Å². The molecule has 4 saturated carbocycles. The van der Waals surface area contributed by atoms with Crippen molar-refractivity contribution in [2.24, 2.45) is 40.4 Å². The number of anilines is 1. The zero-order valence-corrected chi connectivity index (χ0v) is 51.3. The number of rotatable bonds is 21. The molecule has 11 N–H and O–H groups in total. The van der Waals surface area contributed by atoms with Crippen LogP contribution < -0.4 is 11.1 Å². The number of unbranched alkanes of at least 4 members (excludes halogenated alkanes) is 2. The molecule has 9 aliphatic rings. The average molecular weight is 1250 g/mol. The first-order valence-electron chi connectivity index (χ1n) is 31.7. The number of carbonyl (C=O) groups is 3. The van der Waals surface area contributed by atoms with Crippen LogP contribution in [0.25, 0.3) is 11.2 Å². The molecule has 2 aromatic rings. The van der Waals surface area contributed by atoms with Crippen LogP contribution in [0.5, 0.6) is 0 Å². The zero-order chi connectivity index (χ0) is 61.9. The van der Waals surface area contributed by atoms with Gasteiger partial charge in [0.25, 0.3) is 0 Å². The second kappa shape index (κ2) is 26.5. The monoisotopic (exact) mass is 1240 g/mol. The molecule has 26 atom stereocenters. The van der Waals surface area contributed by atoms with Gasteiger partial charge in [-0.15, -0.1) is 0 Å². The van der Waals surface area contributed by atoms with Crippen LogP contribution in [0.2, 0.25) is 0 Å². The maximum Gasteiger partial charge on any atom is 0.331 e. The van der Waals surface area contributed by atoms with Crippen LogP contribution in [0, 0.1) is 40.4 Å². The van der Waals surface area contributed by atoms with E-state index in [1.54, 1.807) is 19.9 Å². The molecule has 8 fully saturated rings. The van der Waals surface area contributed by atoms with Crippen molar-refractivity contribution in [1.29, 1.82) is 0 Å². The van der Waals surface area contributed by atoms with Crippen LogP contribution in [0.1, 0.15) is 144 Å². The van der Waals surface area contributed by atoms with E-state index in [9.17, 15) is 55.2 Å². The Labute approximate surface area is 511 Å². The molecule has 1 amide bonds. The molecule has 2 aromatic heterocycles. The number of nitrogens with two attached hydrogens (primary N) is 1. The van der Waals surface area contributed by atoms with E-state index in [0.29, 0.717) is 61.4 Å². The van der Waals surface area contributed by atoms with Crippen molar-refractivity contribution in [3.8, 4) is 0 Å². The molecule has 25 nitrogen and oxygen atoms in total. The Kier molecular flexibility index (Phi) is 19.7. The van der Waals surface area contributed by atoms with E-state index >= 15 is 0 Å². The largest absolute Gasteiger partial charge is 0.480 e. The number of fused-ring (bicyclic) bond motifs is 6. The minimum absolute atomic E-state index is 0.0593. The summed E-state index contributed by atoms with van der Waals surface area (Å²) in [5.41, 5.74) is 5.60. The van der Waals surface area contributed by atoms with Crippen molar-refractivity contribution in [1.82, 2.24) is 24.8 Å². The van der Waals surface area contributed by atoms with E-state index < -0.39 is 127 Å². The summed E-state index contributed by atoms with van der Waals surface area (Å²) in [7, 11) is 0. The van der Waals surface area contributed by atoms with Gasteiger partial charge in [0.15, 0.2) is 30.3 Å². The number of esters is 1. The summed E-state index contributed by atoms with van der Waals surface area (Å²) in [4.78, 5) is 49.2. The van der Waals surface area contributed by atoms with Gasteiger partial charge in [0.1, 0.15) is 55.0 Å². The predicted molar refractivity (Wildman–Crippen MR) is 311 cm³/mol. The molecule has 0 spiro atoms. The lowest BCUT2D eigenvalue weighted by atomic mass is 9.42. The summed E-state index contributed by atoms with van der Waals surface area (Å²) in [6.07, 6.45) is -0.0561. The fourth-order valence-electron chi connectivity index (χ4n) is 17.2. The number of carbonyl (C=O) groups excluding carboxylic acids is 2. The van der Waals surface area contributed by atoms with Crippen LogP contribution in [0.4, 0.5) is 5.82 Å². The first kappa shape index (κ1) is 64.8. The Morgan fingerprint density at radius 2 is 1.52 bits per heavy atom. The summed E-state index contributed by atoms with van der Waals surface area (Å²) in [5.74, 6) is -0.429. The Morgan fingerprint density at radius 3 is 2.20 bits per heavy atom. The number of ether oxygens (including phenoxy) is 8. The molecule has 87 heavy (non-hydrogen) atoms. The maximum absolute atomic E-state index is 12.8. The number of hydrogen-bond donors (Lipinski definition) is 10. The van der Waals surface area contributed by atoms with Crippen molar-refractivity contribution in [3.05, 3.63) is 24.3 Å². The zero-order valence-electron chi connectivity index (χ0n) is 50.5. The molecular formula is C61H92N6O19S. The van der Waals surface area contributed by atoms with Gasteiger partial charge >= 0.3 is 11.9 Å². The summed E-state index contributed by atoms with van der Waals surface area (Å²) in [5, 5.41) is 92.9. The highest BCUT2D eigenvalue weighted by Gasteiger charge is 2.71. The van der Waals surface area contributed by atoms with Crippen LogP contribution in [0.15, 0.2) is 24.3 Å². The minimum Gasteiger partial charge on any atom is -0.480 e. The lowest BCUT2D eigenvalue weighted by molar-refractivity contribution is -0.329. The Bertz CT molecular complexity index is 2750. The number of cyclic esters (lactones) is 1. The SMILES string of the molecule is C[C@H]1OC(O[C@H]2[C@@H](O)CC(O[C@H]3[C@@H](O)C[C@H]([C@@H]4CC[C@@]5(C)[C@H](CCC6[C@@H]5C[C@@H](O)[C@]5(C)[C@@H](C7=CC(=O)OC7)CC[C@]65O)C4)O[C@@H]3C)O[C@@H]2C)C[C@H](O)[C@@H]1OCCCCCC(=O)NC(CCSC[C@@H]1O[C@H](n2cnc3c(N)ncnc32)[C@@H](O)[C@H]1O)C(=O)O. The molecule has 7 heterocycles. The normalized spacial score (nSPS) is 44.1. The molecule has 5 aliphatic heterocycles. The molecule has 0 aromatic carbocycles. The number of thioether (sulfide) groups is 1. The van der Waals surface area contributed by atoms with E-state index in [-0.39, 0.29) is 91.6 Å². The highest BCUT2D eigenvalue weighted by molar-refractivity contribution is 7.99. The second-order valence-electron chi connectivity index (χ2n) is 27.0. The number of carboxylic acids is 1. The van der Waals surface area contributed by atoms with Gasteiger partial charge in [0.05, 0.1) is 66.9 Å². The number of nitrogen functional groups attached to an aromatic ring is 1. The number of amides is 1. The average Bonchev–Trinajstić information content (AvgIpc) is 1.65. The topological polar surface area (TPSA) is 369 Å². The van der Waals surface area contributed by atoms with Gasteiger partial charge in [0.2, 0.25) is 5.91 Å². The number of aliphatic carboxylic acids is 1. The van der Waals surface area contributed by atoms with Crippen molar-refractivity contribution in [2.45, 2.75) is 253 Å².